The zero-order valence-electron chi connectivity index (χ0n) is 10.7. The predicted octanol–water partition coefficient (Wildman–Crippen LogP) is 2.79. The second-order valence-corrected chi connectivity index (χ2v) is 5.13. The Labute approximate surface area is 117 Å². The van der Waals surface area contributed by atoms with E-state index in [1.54, 1.807) is 6.20 Å². The molecule has 19 heavy (non-hydrogen) atoms. The largest absolute Gasteiger partial charge is 0.313 e. The van der Waals surface area contributed by atoms with E-state index >= 15 is 0 Å². The Morgan fingerprint density at radius 3 is 2.89 bits per heavy atom. The molecule has 0 aromatic carbocycles. The molecule has 0 aliphatic heterocycles. The number of halogens is 1. The summed E-state index contributed by atoms with van der Waals surface area (Å²) in [7, 11) is 1.98. The number of aryl methyl sites for hydroxylation is 1. The Morgan fingerprint density at radius 2 is 2.16 bits per heavy atom. The normalized spacial score (nSPS) is 18.1. The van der Waals surface area contributed by atoms with Gasteiger partial charge in [-0.3, -0.25) is 4.98 Å². The van der Waals surface area contributed by atoms with E-state index in [1.807, 2.05) is 25.4 Å². The van der Waals surface area contributed by atoms with Crippen molar-refractivity contribution in [2.45, 2.75) is 25.3 Å². The van der Waals surface area contributed by atoms with Gasteiger partial charge in [0.25, 0.3) is 0 Å². The van der Waals surface area contributed by atoms with Crippen molar-refractivity contribution in [2.75, 3.05) is 7.05 Å². The van der Waals surface area contributed by atoms with Gasteiger partial charge in [0.2, 0.25) is 0 Å². The summed E-state index contributed by atoms with van der Waals surface area (Å²) in [5, 5.41) is 3.94. The predicted molar refractivity (Wildman–Crippen MR) is 75.0 cm³/mol. The molecular formula is C14H15ClN4. The maximum atomic E-state index is 5.84. The molecule has 5 heteroatoms. The highest BCUT2D eigenvalue weighted by Gasteiger charge is 2.21. The van der Waals surface area contributed by atoms with Crippen molar-refractivity contribution in [2.24, 2.45) is 0 Å². The van der Waals surface area contributed by atoms with Crippen LogP contribution in [-0.4, -0.2) is 22.0 Å². The number of nitrogens with one attached hydrogen (secondary N) is 1. The lowest BCUT2D eigenvalue weighted by Gasteiger charge is -2.24. The topological polar surface area (TPSA) is 50.7 Å². The maximum Gasteiger partial charge on any atom is 0.178 e. The van der Waals surface area contributed by atoms with Crippen LogP contribution in [0, 0.1) is 0 Å². The highest BCUT2D eigenvalue weighted by atomic mass is 35.5. The molecule has 1 atom stereocenters. The van der Waals surface area contributed by atoms with Gasteiger partial charge >= 0.3 is 0 Å². The first-order valence-corrected chi connectivity index (χ1v) is 6.80. The summed E-state index contributed by atoms with van der Waals surface area (Å²) in [5.41, 5.74) is 3.11. The number of hydrogen-bond donors (Lipinski definition) is 1. The Bertz CT molecular complexity index is 582. The molecule has 0 bridgehead atoms. The van der Waals surface area contributed by atoms with E-state index in [2.05, 4.69) is 20.3 Å². The Kier molecular flexibility index (Phi) is 3.44. The summed E-state index contributed by atoms with van der Waals surface area (Å²) in [5.74, 6) is 0.673. The van der Waals surface area contributed by atoms with Crippen LogP contribution in [0.4, 0.5) is 0 Å². The second kappa shape index (κ2) is 5.23. The van der Waals surface area contributed by atoms with Crippen molar-refractivity contribution in [1.29, 1.82) is 0 Å². The quantitative estimate of drug-likeness (QED) is 0.915. The van der Waals surface area contributed by atoms with Crippen LogP contribution in [0.25, 0.3) is 11.5 Å². The minimum atomic E-state index is 0.371. The first-order chi connectivity index (χ1) is 9.28. The molecule has 4 nitrogen and oxygen atoms in total. The molecule has 2 heterocycles. The minimum Gasteiger partial charge on any atom is -0.313 e. The van der Waals surface area contributed by atoms with Gasteiger partial charge in [-0.25, -0.2) is 9.97 Å². The summed E-state index contributed by atoms with van der Waals surface area (Å²) in [6.07, 6.45) is 6.86. The van der Waals surface area contributed by atoms with E-state index in [0.29, 0.717) is 16.9 Å². The van der Waals surface area contributed by atoms with Crippen molar-refractivity contribution < 1.29 is 0 Å². The first kappa shape index (κ1) is 12.5. The van der Waals surface area contributed by atoms with Crippen LogP contribution >= 0.6 is 11.6 Å². The van der Waals surface area contributed by atoms with Gasteiger partial charge in [0, 0.05) is 29.7 Å². The summed E-state index contributed by atoms with van der Waals surface area (Å²) in [6.45, 7) is 0. The van der Waals surface area contributed by atoms with Crippen molar-refractivity contribution >= 4 is 11.6 Å². The Balaban J connectivity index is 1.99. The van der Waals surface area contributed by atoms with Gasteiger partial charge in [-0.15, -0.1) is 0 Å². The zero-order valence-corrected chi connectivity index (χ0v) is 11.5. The summed E-state index contributed by atoms with van der Waals surface area (Å²) < 4.78 is 0. The van der Waals surface area contributed by atoms with E-state index in [9.17, 15) is 0 Å². The van der Waals surface area contributed by atoms with Gasteiger partial charge in [0.1, 0.15) is 5.69 Å². The van der Waals surface area contributed by atoms with E-state index in [-0.39, 0.29) is 0 Å². The fraction of sp³-hybridized carbons (Fsp3) is 0.357. The number of nitrogens with zero attached hydrogens (tertiary/aromatic N) is 3. The van der Waals surface area contributed by atoms with Crippen molar-refractivity contribution in [3.8, 4) is 11.5 Å². The van der Waals surface area contributed by atoms with Crippen LogP contribution in [-0.2, 0) is 6.42 Å². The molecule has 98 valence electrons. The molecule has 1 unspecified atom stereocenters. The number of rotatable bonds is 2. The SMILES string of the molecule is CNC1CCCc2nc(-c3ccc(Cl)cn3)ncc21. The fourth-order valence-corrected chi connectivity index (χ4v) is 2.59. The lowest BCUT2D eigenvalue weighted by molar-refractivity contribution is 0.487. The third-order valence-corrected chi connectivity index (χ3v) is 3.71. The molecule has 2 aromatic heterocycles. The van der Waals surface area contributed by atoms with Crippen LogP contribution in [0.3, 0.4) is 0 Å². The highest BCUT2D eigenvalue weighted by molar-refractivity contribution is 6.30. The molecule has 0 radical (unpaired) electrons. The smallest absolute Gasteiger partial charge is 0.178 e. The highest BCUT2D eigenvalue weighted by Crippen LogP contribution is 2.28. The standard InChI is InChI=1S/C14H15ClN4/c1-16-11-3-2-4-12-10(11)8-18-14(19-12)13-6-5-9(15)7-17-13/h5-8,11,16H,2-4H2,1H3. The van der Waals surface area contributed by atoms with Crippen LogP contribution in [0.2, 0.25) is 5.02 Å². The second-order valence-electron chi connectivity index (χ2n) is 4.69. The molecular weight excluding hydrogens is 260 g/mol. The Hall–Kier alpha value is -1.52. The van der Waals surface area contributed by atoms with E-state index in [0.717, 1.165) is 30.7 Å². The average molecular weight is 275 g/mol. The van der Waals surface area contributed by atoms with Crippen LogP contribution in [0.5, 0.6) is 0 Å². The van der Waals surface area contributed by atoms with Gasteiger partial charge in [-0.2, -0.15) is 0 Å². The summed E-state index contributed by atoms with van der Waals surface area (Å²) in [6, 6.07) is 4.03. The molecule has 0 saturated heterocycles. The molecule has 2 aromatic rings. The molecule has 0 fully saturated rings. The Morgan fingerprint density at radius 1 is 1.26 bits per heavy atom. The van der Waals surface area contributed by atoms with Crippen molar-refractivity contribution in [3.63, 3.8) is 0 Å². The summed E-state index contributed by atoms with van der Waals surface area (Å²) in [4.78, 5) is 13.4. The van der Waals surface area contributed by atoms with Crippen molar-refractivity contribution in [1.82, 2.24) is 20.3 Å². The molecule has 0 spiro atoms. The van der Waals surface area contributed by atoms with Crippen LogP contribution in [0.15, 0.2) is 24.5 Å². The maximum absolute atomic E-state index is 5.84. The van der Waals surface area contributed by atoms with Gasteiger partial charge in [-0.1, -0.05) is 11.6 Å². The number of pyridine rings is 1. The molecule has 0 saturated carbocycles. The van der Waals surface area contributed by atoms with Crippen LogP contribution < -0.4 is 5.32 Å². The molecule has 0 amide bonds. The van der Waals surface area contributed by atoms with E-state index in [1.165, 1.54) is 5.56 Å². The van der Waals surface area contributed by atoms with Gasteiger partial charge in [-0.05, 0) is 38.4 Å². The molecule has 1 N–H and O–H groups in total. The third kappa shape index (κ3) is 2.46. The number of fused-ring (bicyclic) bond motifs is 1. The van der Waals surface area contributed by atoms with Gasteiger partial charge < -0.3 is 5.32 Å². The fourth-order valence-electron chi connectivity index (χ4n) is 2.48. The first-order valence-electron chi connectivity index (χ1n) is 6.43. The third-order valence-electron chi connectivity index (χ3n) is 3.49. The monoisotopic (exact) mass is 274 g/mol. The zero-order chi connectivity index (χ0) is 13.2. The van der Waals surface area contributed by atoms with E-state index < -0.39 is 0 Å². The van der Waals surface area contributed by atoms with Crippen molar-refractivity contribution in [3.05, 3.63) is 40.8 Å². The van der Waals surface area contributed by atoms with Gasteiger partial charge in [0.15, 0.2) is 5.82 Å². The lowest BCUT2D eigenvalue weighted by atomic mass is 9.92. The molecule has 1 aliphatic rings. The molecule has 3 rings (SSSR count). The van der Waals surface area contributed by atoms with Gasteiger partial charge in [0.05, 0.1) is 5.02 Å². The van der Waals surface area contributed by atoms with Crippen LogP contribution in [0.1, 0.15) is 30.1 Å². The molecule has 1 aliphatic carbocycles. The number of aromatic nitrogens is 3. The van der Waals surface area contributed by atoms with E-state index in [4.69, 9.17) is 11.6 Å². The lowest BCUT2D eigenvalue weighted by Crippen LogP contribution is -2.22. The summed E-state index contributed by atoms with van der Waals surface area (Å²) >= 11 is 5.84. The minimum absolute atomic E-state index is 0.371. The number of hydrogen-bond acceptors (Lipinski definition) is 4. The average Bonchev–Trinajstić information content (AvgIpc) is 2.47.